The minimum Gasteiger partial charge on any atom is -0.466 e. The second-order valence-electron chi connectivity index (χ2n) is 3.51. The Kier molecular flexibility index (Phi) is 2.57. The molecule has 1 atom stereocenters. The molecule has 0 aliphatic carbocycles. The summed E-state index contributed by atoms with van der Waals surface area (Å²) in [6, 6.07) is 1.93. The highest BCUT2D eigenvalue weighted by Crippen LogP contribution is 2.29. The molecule has 1 unspecified atom stereocenters. The molecular formula is C11H12ClNO2. The minimum atomic E-state index is -0.216. The summed E-state index contributed by atoms with van der Waals surface area (Å²) in [7, 11) is 0. The predicted octanol–water partition coefficient (Wildman–Crippen LogP) is 3.85. The zero-order valence-electron chi connectivity index (χ0n) is 8.87. The van der Waals surface area contributed by atoms with E-state index in [2.05, 4.69) is 4.98 Å². The van der Waals surface area contributed by atoms with Gasteiger partial charge in [-0.1, -0.05) is 0 Å². The van der Waals surface area contributed by atoms with E-state index in [1.165, 1.54) is 0 Å². The number of hydrogen-bond donors (Lipinski definition) is 0. The molecule has 2 aromatic rings. The maximum Gasteiger partial charge on any atom is 0.212 e. The van der Waals surface area contributed by atoms with Crippen LogP contribution in [0.5, 0.6) is 0 Å². The first-order valence-electron chi connectivity index (χ1n) is 4.75. The van der Waals surface area contributed by atoms with Crippen molar-refractivity contribution in [1.29, 1.82) is 0 Å². The molecule has 0 aliphatic heterocycles. The van der Waals surface area contributed by atoms with Gasteiger partial charge in [-0.2, -0.15) is 0 Å². The lowest BCUT2D eigenvalue weighted by Gasteiger charge is -1.94. The molecule has 0 aliphatic rings. The fourth-order valence-corrected chi connectivity index (χ4v) is 1.57. The molecule has 3 nitrogen and oxygen atoms in total. The van der Waals surface area contributed by atoms with Crippen LogP contribution in [0.3, 0.4) is 0 Å². The van der Waals surface area contributed by atoms with Gasteiger partial charge in [0.2, 0.25) is 5.89 Å². The Bertz CT molecular complexity index is 471. The fraction of sp³-hybridized carbons (Fsp3) is 0.364. The van der Waals surface area contributed by atoms with Crippen molar-refractivity contribution in [2.24, 2.45) is 0 Å². The molecule has 2 aromatic heterocycles. The number of aromatic nitrogens is 1. The summed E-state index contributed by atoms with van der Waals surface area (Å²) in [4.78, 5) is 4.10. The third-order valence-electron chi connectivity index (χ3n) is 2.17. The quantitative estimate of drug-likeness (QED) is 0.729. The number of halogens is 1. The van der Waals surface area contributed by atoms with Crippen LogP contribution < -0.4 is 0 Å². The molecule has 0 bridgehead atoms. The Morgan fingerprint density at radius 3 is 2.53 bits per heavy atom. The molecule has 0 fully saturated rings. The molecule has 15 heavy (non-hydrogen) atoms. The summed E-state index contributed by atoms with van der Waals surface area (Å²) in [6.45, 7) is 5.62. The first-order chi connectivity index (χ1) is 7.08. The standard InChI is InChI=1S/C11H12ClNO2/c1-6-4-9(8(3)14-6)10-5-13-11(15-10)7(2)12/h4-5,7H,1-3H3. The second-order valence-corrected chi connectivity index (χ2v) is 4.16. The van der Waals surface area contributed by atoms with Crippen LogP contribution >= 0.6 is 11.6 Å². The fourth-order valence-electron chi connectivity index (χ4n) is 1.47. The summed E-state index contributed by atoms with van der Waals surface area (Å²) < 4.78 is 10.9. The number of oxazole rings is 1. The van der Waals surface area contributed by atoms with Gasteiger partial charge in [-0.3, -0.25) is 0 Å². The van der Waals surface area contributed by atoms with E-state index in [4.69, 9.17) is 20.4 Å². The van der Waals surface area contributed by atoms with E-state index >= 15 is 0 Å². The monoisotopic (exact) mass is 225 g/mol. The molecule has 4 heteroatoms. The van der Waals surface area contributed by atoms with Crippen molar-refractivity contribution in [3.05, 3.63) is 29.7 Å². The van der Waals surface area contributed by atoms with Crippen molar-refractivity contribution >= 4 is 11.6 Å². The highest BCUT2D eigenvalue weighted by atomic mass is 35.5. The third kappa shape index (κ3) is 1.92. The molecule has 0 N–H and O–H groups in total. The maximum absolute atomic E-state index is 5.87. The highest BCUT2D eigenvalue weighted by Gasteiger charge is 2.14. The molecule has 0 saturated heterocycles. The van der Waals surface area contributed by atoms with E-state index in [0.717, 1.165) is 17.1 Å². The smallest absolute Gasteiger partial charge is 0.212 e. The van der Waals surface area contributed by atoms with Crippen LogP contribution in [-0.2, 0) is 0 Å². The van der Waals surface area contributed by atoms with Crippen LogP contribution in [-0.4, -0.2) is 4.98 Å². The maximum atomic E-state index is 5.87. The number of aryl methyl sites for hydroxylation is 2. The summed E-state index contributed by atoms with van der Waals surface area (Å²) in [6.07, 6.45) is 1.67. The van der Waals surface area contributed by atoms with Crippen molar-refractivity contribution < 1.29 is 8.83 Å². The van der Waals surface area contributed by atoms with Crippen molar-refractivity contribution in [3.63, 3.8) is 0 Å². The molecule has 0 saturated carbocycles. The molecule has 2 rings (SSSR count). The summed E-state index contributed by atoms with van der Waals surface area (Å²) >= 11 is 5.87. The van der Waals surface area contributed by atoms with Gasteiger partial charge in [0.05, 0.1) is 11.8 Å². The summed E-state index contributed by atoms with van der Waals surface area (Å²) in [5.74, 6) is 2.92. The molecule has 0 radical (unpaired) electrons. The van der Waals surface area contributed by atoms with E-state index in [0.29, 0.717) is 11.7 Å². The van der Waals surface area contributed by atoms with Gasteiger partial charge in [-0.25, -0.2) is 4.98 Å². The zero-order chi connectivity index (χ0) is 11.0. The van der Waals surface area contributed by atoms with Gasteiger partial charge in [-0.15, -0.1) is 11.6 Å². The predicted molar refractivity (Wildman–Crippen MR) is 57.9 cm³/mol. The normalized spacial score (nSPS) is 13.1. The Morgan fingerprint density at radius 2 is 2.07 bits per heavy atom. The van der Waals surface area contributed by atoms with Crippen LogP contribution in [0.25, 0.3) is 11.3 Å². The molecule has 0 spiro atoms. The molecular weight excluding hydrogens is 214 g/mol. The largest absolute Gasteiger partial charge is 0.466 e. The lowest BCUT2D eigenvalue weighted by molar-refractivity contribution is 0.494. The third-order valence-corrected chi connectivity index (χ3v) is 2.36. The van der Waals surface area contributed by atoms with Gasteiger partial charge < -0.3 is 8.83 Å². The average molecular weight is 226 g/mol. The Hall–Kier alpha value is -1.22. The Labute approximate surface area is 93.1 Å². The molecule has 0 aromatic carbocycles. The van der Waals surface area contributed by atoms with Crippen LogP contribution in [0, 0.1) is 13.8 Å². The van der Waals surface area contributed by atoms with E-state index in [-0.39, 0.29) is 5.38 Å². The first-order valence-corrected chi connectivity index (χ1v) is 5.19. The number of rotatable bonds is 2. The van der Waals surface area contributed by atoms with E-state index in [9.17, 15) is 0 Å². The number of alkyl halides is 1. The van der Waals surface area contributed by atoms with E-state index in [1.807, 2.05) is 26.8 Å². The van der Waals surface area contributed by atoms with Gasteiger partial charge >= 0.3 is 0 Å². The van der Waals surface area contributed by atoms with E-state index in [1.54, 1.807) is 6.20 Å². The topological polar surface area (TPSA) is 39.2 Å². The Balaban J connectivity index is 2.41. The second kappa shape index (κ2) is 3.74. The SMILES string of the molecule is Cc1cc(-c2cnc(C(C)Cl)o2)c(C)o1. The molecule has 2 heterocycles. The van der Waals surface area contributed by atoms with Gasteiger partial charge in [0.1, 0.15) is 16.9 Å². The first kappa shape index (κ1) is 10.3. The van der Waals surface area contributed by atoms with Crippen molar-refractivity contribution in [1.82, 2.24) is 4.98 Å². The molecule has 80 valence electrons. The van der Waals surface area contributed by atoms with E-state index < -0.39 is 0 Å². The Morgan fingerprint density at radius 1 is 1.33 bits per heavy atom. The summed E-state index contributed by atoms with van der Waals surface area (Å²) in [5, 5.41) is -0.216. The van der Waals surface area contributed by atoms with Crippen molar-refractivity contribution in [2.45, 2.75) is 26.1 Å². The van der Waals surface area contributed by atoms with Gasteiger partial charge in [0.25, 0.3) is 0 Å². The zero-order valence-corrected chi connectivity index (χ0v) is 9.63. The van der Waals surface area contributed by atoms with Gasteiger partial charge in [0, 0.05) is 0 Å². The van der Waals surface area contributed by atoms with Crippen LogP contribution in [0.4, 0.5) is 0 Å². The van der Waals surface area contributed by atoms with Crippen molar-refractivity contribution in [3.8, 4) is 11.3 Å². The van der Waals surface area contributed by atoms with Crippen LogP contribution in [0.2, 0.25) is 0 Å². The highest BCUT2D eigenvalue weighted by molar-refractivity contribution is 6.20. The minimum absolute atomic E-state index is 0.216. The summed E-state index contributed by atoms with van der Waals surface area (Å²) in [5.41, 5.74) is 0.934. The number of hydrogen-bond acceptors (Lipinski definition) is 3. The van der Waals surface area contributed by atoms with Crippen molar-refractivity contribution in [2.75, 3.05) is 0 Å². The van der Waals surface area contributed by atoms with Gasteiger partial charge in [-0.05, 0) is 26.8 Å². The van der Waals surface area contributed by atoms with Gasteiger partial charge in [0.15, 0.2) is 5.76 Å². The van der Waals surface area contributed by atoms with Crippen LogP contribution in [0.15, 0.2) is 21.1 Å². The lowest BCUT2D eigenvalue weighted by Crippen LogP contribution is -1.80. The number of furan rings is 1. The number of nitrogens with zero attached hydrogens (tertiary/aromatic N) is 1. The van der Waals surface area contributed by atoms with Crippen LogP contribution in [0.1, 0.15) is 29.7 Å². The molecule has 0 amide bonds. The average Bonchev–Trinajstić information content (AvgIpc) is 2.71. The lowest BCUT2D eigenvalue weighted by atomic mass is 10.2.